The van der Waals surface area contributed by atoms with E-state index in [4.69, 9.17) is 10.2 Å². The molecular formula is C14H22N2O2. The van der Waals surface area contributed by atoms with Crippen molar-refractivity contribution in [3.8, 4) is 0 Å². The summed E-state index contributed by atoms with van der Waals surface area (Å²) >= 11 is 0. The molecule has 1 unspecified atom stereocenters. The van der Waals surface area contributed by atoms with Crippen LogP contribution in [0.4, 0.5) is 0 Å². The van der Waals surface area contributed by atoms with E-state index < -0.39 is 0 Å². The Morgan fingerprint density at radius 1 is 1.44 bits per heavy atom. The SMILES string of the molecule is Cc1cc(C)c(C(=O)N2CCC(C(C)N)CC2)o1. The lowest BCUT2D eigenvalue weighted by molar-refractivity contribution is 0.0646. The van der Waals surface area contributed by atoms with E-state index in [-0.39, 0.29) is 11.9 Å². The fourth-order valence-corrected chi connectivity index (χ4v) is 2.63. The highest BCUT2D eigenvalue weighted by Gasteiger charge is 2.27. The number of likely N-dealkylation sites (tertiary alicyclic amines) is 1. The van der Waals surface area contributed by atoms with Crippen LogP contribution in [0.15, 0.2) is 10.5 Å². The molecule has 18 heavy (non-hydrogen) atoms. The molecule has 4 heteroatoms. The summed E-state index contributed by atoms with van der Waals surface area (Å²) in [5, 5.41) is 0. The molecule has 1 aliphatic rings. The summed E-state index contributed by atoms with van der Waals surface area (Å²) < 4.78 is 5.49. The Labute approximate surface area is 108 Å². The molecule has 0 saturated carbocycles. The lowest BCUT2D eigenvalue weighted by Gasteiger charge is -2.33. The van der Waals surface area contributed by atoms with Crippen LogP contribution in [-0.4, -0.2) is 29.9 Å². The van der Waals surface area contributed by atoms with Gasteiger partial charge >= 0.3 is 0 Å². The van der Waals surface area contributed by atoms with E-state index in [1.54, 1.807) is 0 Å². The normalized spacial score (nSPS) is 19.0. The van der Waals surface area contributed by atoms with E-state index in [0.717, 1.165) is 37.3 Å². The van der Waals surface area contributed by atoms with Gasteiger partial charge in [-0.3, -0.25) is 4.79 Å². The van der Waals surface area contributed by atoms with Crippen LogP contribution in [0.25, 0.3) is 0 Å². The smallest absolute Gasteiger partial charge is 0.289 e. The van der Waals surface area contributed by atoms with Crippen LogP contribution >= 0.6 is 0 Å². The maximum Gasteiger partial charge on any atom is 0.289 e. The molecule has 0 spiro atoms. The molecule has 2 heterocycles. The first-order chi connectivity index (χ1) is 8.49. The van der Waals surface area contributed by atoms with Crippen molar-refractivity contribution in [1.29, 1.82) is 0 Å². The molecule has 1 amide bonds. The molecule has 1 atom stereocenters. The minimum absolute atomic E-state index is 0.0173. The highest BCUT2D eigenvalue weighted by Crippen LogP contribution is 2.23. The van der Waals surface area contributed by atoms with Gasteiger partial charge in [-0.25, -0.2) is 0 Å². The van der Waals surface area contributed by atoms with Crippen molar-refractivity contribution < 1.29 is 9.21 Å². The van der Waals surface area contributed by atoms with Gasteiger partial charge in [0.15, 0.2) is 5.76 Å². The van der Waals surface area contributed by atoms with Crippen LogP contribution in [0, 0.1) is 19.8 Å². The van der Waals surface area contributed by atoms with Crippen molar-refractivity contribution in [2.24, 2.45) is 11.7 Å². The van der Waals surface area contributed by atoms with E-state index in [1.807, 2.05) is 31.7 Å². The summed E-state index contributed by atoms with van der Waals surface area (Å²) in [6.45, 7) is 7.39. The molecule has 1 saturated heterocycles. The number of carbonyl (C=O) groups excluding carboxylic acids is 1. The van der Waals surface area contributed by atoms with Crippen molar-refractivity contribution in [2.45, 2.75) is 39.7 Å². The minimum atomic E-state index is 0.0173. The standard InChI is InChI=1S/C14H22N2O2/c1-9-8-10(2)18-13(9)14(17)16-6-4-12(5-7-16)11(3)15/h8,11-12H,4-7,15H2,1-3H3. The Bertz CT molecular complexity index is 429. The quantitative estimate of drug-likeness (QED) is 0.874. The van der Waals surface area contributed by atoms with E-state index in [2.05, 4.69) is 0 Å². The third-order valence-corrected chi connectivity index (χ3v) is 3.81. The average molecular weight is 250 g/mol. The first-order valence-electron chi connectivity index (χ1n) is 6.61. The topological polar surface area (TPSA) is 59.5 Å². The van der Waals surface area contributed by atoms with Crippen molar-refractivity contribution in [3.63, 3.8) is 0 Å². The van der Waals surface area contributed by atoms with Gasteiger partial charge in [0, 0.05) is 24.7 Å². The molecule has 2 rings (SSSR count). The van der Waals surface area contributed by atoms with Gasteiger partial charge in [0.05, 0.1) is 0 Å². The second-order valence-electron chi connectivity index (χ2n) is 5.36. The number of furan rings is 1. The number of aryl methyl sites for hydroxylation is 2. The summed E-state index contributed by atoms with van der Waals surface area (Å²) in [6, 6.07) is 2.12. The van der Waals surface area contributed by atoms with E-state index in [9.17, 15) is 4.79 Å². The Hall–Kier alpha value is -1.29. The molecule has 100 valence electrons. The van der Waals surface area contributed by atoms with Gasteiger partial charge in [0.1, 0.15) is 5.76 Å². The lowest BCUT2D eigenvalue weighted by Crippen LogP contribution is -2.42. The zero-order valence-corrected chi connectivity index (χ0v) is 11.4. The van der Waals surface area contributed by atoms with Crippen LogP contribution < -0.4 is 5.73 Å². The first-order valence-corrected chi connectivity index (χ1v) is 6.61. The fraction of sp³-hybridized carbons (Fsp3) is 0.643. The summed E-state index contributed by atoms with van der Waals surface area (Å²) in [5.41, 5.74) is 6.83. The average Bonchev–Trinajstić information content (AvgIpc) is 2.67. The van der Waals surface area contributed by atoms with Gasteiger partial charge in [-0.1, -0.05) is 0 Å². The zero-order valence-electron chi connectivity index (χ0n) is 11.4. The van der Waals surface area contributed by atoms with E-state index >= 15 is 0 Å². The van der Waals surface area contributed by atoms with Crippen LogP contribution in [0.1, 0.15) is 41.6 Å². The molecule has 1 aromatic heterocycles. The van der Waals surface area contributed by atoms with Gasteiger partial charge in [-0.15, -0.1) is 0 Å². The molecule has 0 aromatic carbocycles. The summed E-state index contributed by atoms with van der Waals surface area (Å²) in [6.07, 6.45) is 1.98. The molecule has 1 aliphatic heterocycles. The Morgan fingerprint density at radius 3 is 2.50 bits per heavy atom. The predicted octanol–water partition coefficient (Wildman–Crippen LogP) is 2.10. The highest BCUT2D eigenvalue weighted by molar-refractivity contribution is 5.93. The van der Waals surface area contributed by atoms with Crippen molar-refractivity contribution in [1.82, 2.24) is 4.90 Å². The van der Waals surface area contributed by atoms with Crippen LogP contribution in [0.2, 0.25) is 0 Å². The maximum absolute atomic E-state index is 12.3. The highest BCUT2D eigenvalue weighted by atomic mass is 16.4. The summed E-state index contributed by atoms with van der Waals surface area (Å²) in [7, 11) is 0. The van der Waals surface area contributed by atoms with Gasteiger partial charge in [0.25, 0.3) is 5.91 Å². The molecule has 1 fully saturated rings. The minimum Gasteiger partial charge on any atom is -0.456 e. The Balaban J connectivity index is 2.02. The maximum atomic E-state index is 12.3. The number of nitrogens with two attached hydrogens (primary N) is 1. The first kappa shape index (κ1) is 13.1. The summed E-state index contributed by atoms with van der Waals surface area (Å²) in [4.78, 5) is 14.2. The molecule has 2 N–H and O–H groups in total. The third kappa shape index (κ3) is 2.58. The van der Waals surface area contributed by atoms with Crippen LogP contribution in [0.3, 0.4) is 0 Å². The Kier molecular flexibility index (Phi) is 3.76. The van der Waals surface area contributed by atoms with E-state index in [0.29, 0.717) is 11.7 Å². The number of rotatable bonds is 2. The van der Waals surface area contributed by atoms with Gasteiger partial charge in [-0.05, 0) is 45.6 Å². The molecule has 0 bridgehead atoms. The zero-order chi connectivity index (χ0) is 13.3. The van der Waals surface area contributed by atoms with E-state index in [1.165, 1.54) is 0 Å². The number of amides is 1. The predicted molar refractivity (Wildman–Crippen MR) is 70.5 cm³/mol. The number of piperidine rings is 1. The number of carbonyl (C=O) groups is 1. The van der Waals surface area contributed by atoms with Gasteiger partial charge < -0.3 is 15.1 Å². The summed E-state index contributed by atoms with van der Waals surface area (Å²) in [5.74, 6) is 1.84. The fourth-order valence-electron chi connectivity index (χ4n) is 2.63. The van der Waals surface area contributed by atoms with Gasteiger partial charge in [-0.2, -0.15) is 0 Å². The monoisotopic (exact) mass is 250 g/mol. The number of hydrogen-bond acceptors (Lipinski definition) is 3. The number of nitrogens with zero attached hydrogens (tertiary/aromatic N) is 1. The van der Waals surface area contributed by atoms with Crippen molar-refractivity contribution >= 4 is 5.91 Å². The molecule has 4 nitrogen and oxygen atoms in total. The lowest BCUT2D eigenvalue weighted by atomic mass is 9.91. The van der Waals surface area contributed by atoms with Gasteiger partial charge in [0.2, 0.25) is 0 Å². The molecular weight excluding hydrogens is 228 g/mol. The van der Waals surface area contributed by atoms with Crippen molar-refractivity contribution in [2.75, 3.05) is 13.1 Å². The van der Waals surface area contributed by atoms with Crippen molar-refractivity contribution in [3.05, 3.63) is 23.2 Å². The third-order valence-electron chi connectivity index (χ3n) is 3.81. The largest absolute Gasteiger partial charge is 0.456 e. The molecule has 0 radical (unpaired) electrons. The Morgan fingerprint density at radius 2 is 2.06 bits per heavy atom. The second-order valence-corrected chi connectivity index (χ2v) is 5.36. The molecule has 1 aromatic rings. The number of hydrogen-bond donors (Lipinski definition) is 1. The molecule has 0 aliphatic carbocycles. The van der Waals surface area contributed by atoms with Crippen LogP contribution in [0.5, 0.6) is 0 Å². The second kappa shape index (κ2) is 5.14. The van der Waals surface area contributed by atoms with Crippen LogP contribution in [-0.2, 0) is 0 Å².